The van der Waals surface area contributed by atoms with E-state index in [-0.39, 0.29) is 11.8 Å². The Labute approximate surface area is 151 Å². The van der Waals surface area contributed by atoms with Crippen LogP contribution < -0.4 is 0 Å². The lowest BCUT2D eigenvalue weighted by Gasteiger charge is -2.25. The summed E-state index contributed by atoms with van der Waals surface area (Å²) < 4.78 is 2.32. The highest BCUT2D eigenvalue weighted by Crippen LogP contribution is 2.37. The number of aromatic nitrogens is 2. The summed E-state index contributed by atoms with van der Waals surface area (Å²) in [5.74, 6) is 1.07. The summed E-state index contributed by atoms with van der Waals surface area (Å²) in [6.45, 7) is 0. The van der Waals surface area contributed by atoms with Gasteiger partial charge in [0.15, 0.2) is 5.78 Å². The molecule has 0 saturated heterocycles. The minimum Gasteiger partial charge on any atom is -0.316 e. The number of carbonyl (C=O) groups is 1. The van der Waals surface area contributed by atoms with Crippen molar-refractivity contribution in [3.05, 3.63) is 90.0 Å². The lowest BCUT2D eigenvalue weighted by atomic mass is 9.92. The molecule has 26 heavy (non-hydrogen) atoms. The summed E-state index contributed by atoms with van der Waals surface area (Å²) in [4.78, 5) is 17.7. The van der Waals surface area contributed by atoms with Crippen molar-refractivity contribution in [1.29, 1.82) is 0 Å². The monoisotopic (exact) mass is 338 g/mol. The Balaban J connectivity index is 1.86. The van der Waals surface area contributed by atoms with Gasteiger partial charge in [0.1, 0.15) is 5.82 Å². The maximum Gasteiger partial charge on any atom is 0.163 e. The second kappa shape index (κ2) is 5.95. The van der Waals surface area contributed by atoms with Crippen LogP contribution in [0.1, 0.15) is 34.8 Å². The Morgan fingerprint density at radius 3 is 2.35 bits per heavy atom. The molecular weight excluding hydrogens is 320 g/mol. The van der Waals surface area contributed by atoms with E-state index in [4.69, 9.17) is 4.98 Å². The first-order chi connectivity index (χ1) is 12.8. The molecule has 2 heterocycles. The molecule has 3 aromatic carbocycles. The summed E-state index contributed by atoms with van der Waals surface area (Å²) >= 11 is 0. The van der Waals surface area contributed by atoms with Crippen molar-refractivity contribution in [1.82, 2.24) is 9.55 Å². The SMILES string of the molecule is O=C1CC[C@H](c2ccccc2)n2c(nc3ccccc32)-c2ccccc21. The Kier molecular flexibility index (Phi) is 3.45. The fourth-order valence-corrected chi connectivity index (χ4v) is 3.99. The third-order valence-corrected chi connectivity index (χ3v) is 5.21. The van der Waals surface area contributed by atoms with Crippen LogP contribution in [0.15, 0.2) is 78.9 Å². The predicted octanol–water partition coefficient (Wildman–Crippen LogP) is 5.27. The van der Waals surface area contributed by atoms with E-state index < -0.39 is 0 Å². The lowest BCUT2D eigenvalue weighted by Crippen LogP contribution is -2.18. The molecule has 3 heteroatoms. The first kappa shape index (κ1) is 15.1. The Morgan fingerprint density at radius 2 is 1.50 bits per heavy atom. The minimum atomic E-state index is 0.0934. The van der Waals surface area contributed by atoms with E-state index in [1.807, 2.05) is 42.5 Å². The van der Waals surface area contributed by atoms with Crippen molar-refractivity contribution in [2.75, 3.05) is 0 Å². The Morgan fingerprint density at radius 1 is 0.808 bits per heavy atom. The van der Waals surface area contributed by atoms with Crippen LogP contribution in [0.25, 0.3) is 22.4 Å². The zero-order valence-electron chi connectivity index (χ0n) is 14.3. The van der Waals surface area contributed by atoms with Gasteiger partial charge in [0.25, 0.3) is 0 Å². The number of hydrogen-bond acceptors (Lipinski definition) is 2. The summed E-state index contributed by atoms with van der Waals surface area (Å²) in [6.07, 6.45) is 1.30. The summed E-state index contributed by atoms with van der Waals surface area (Å²) in [5, 5.41) is 0. The molecule has 0 saturated carbocycles. The number of Topliss-reactive ketones (excluding diaryl/α,β-unsaturated/α-hetero) is 1. The lowest BCUT2D eigenvalue weighted by molar-refractivity contribution is 0.0975. The van der Waals surface area contributed by atoms with Gasteiger partial charge in [-0.2, -0.15) is 0 Å². The summed E-state index contributed by atoms with van der Waals surface area (Å²) in [5.41, 5.74) is 4.99. The van der Waals surface area contributed by atoms with Crippen molar-refractivity contribution < 1.29 is 4.79 Å². The molecule has 126 valence electrons. The molecule has 1 aromatic heterocycles. The minimum absolute atomic E-state index is 0.0934. The van der Waals surface area contributed by atoms with Gasteiger partial charge in [0.05, 0.1) is 17.1 Å². The Bertz CT molecular complexity index is 1110. The smallest absolute Gasteiger partial charge is 0.163 e. The fourth-order valence-electron chi connectivity index (χ4n) is 3.99. The number of para-hydroxylation sites is 2. The molecule has 1 aliphatic heterocycles. The third-order valence-electron chi connectivity index (χ3n) is 5.21. The first-order valence-corrected chi connectivity index (χ1v) is 8.97. The predicted molar refractivity (Wildman–Crippen MR) is 103 cm³/mol. The summed E-state index contributed by atoms with van der Waals surface area (Å²) in [6, 6.07) is 26.6. The molecule has 0 bridgehead atoms. The van der Waals surface area contributed by atoms with Crippen molar-refractivity contribution in [2.45, 2.75) is 18.9 Å². The van der Waals surface area contributed by atoms with Gasteiger partial charge in [-0.3, -0.25) is 4.79 Å². The van der Waals surface area contributed by atoms with Crippen molar-refractivity contribution in [3.8, 4) is 11.4 Å². The maximum atomic E-state index is 12.8. The van der Waals surface area contributed by atoms with Crippen LogP contribution in [0.4, 0.5) is 0 Å². The van der Waals surface area contributed by atoms with Gasteiger partial charge >= 0.3 is 0 Å². The quantitative estimate of drug-likeness (QED) is 0.474. The molecule has 5 rings (SSSR count). The van der Waals surface area contributed by atoms with E-state index in [2.05, 4.69) is 41.0 Å². The van der Waals surface area contributed by atoms with Crippen LogP contribution in [-0.2, 0) is 0 Å². The number of imidazole rings is 1. The number of nitrogens with zero attached hydrogens (tertiary/aromatic N) is 2. The topological polar surface area (TPSA) is 34.9 Å². The second-order valence-electron chi connectivity index (χ2n) is 6.73. The van der Waals surface area contributed by atoms with E-state index in [1.165, 1.54) is 5.56 Å². The molecule has 3 nitrogen and oxygen atoms in total. The molecule has 0 aliphatic carbocycles. The number of benzene rings is 3. The van der Waals surface area contributed by atoms with Gasteiger partial charge in [0, 0.05) is 17.5 Å². The van der Waals surface area contributed by atoms with E-state index >= 15 is 0 Å². The molecular formula is C23H18N2O. The van der Waals surface area contributed by atoms with Crippen LogP contribution in [-0.4, -0.2) is 15.3 Å². The average molecular weight is 338 g/mol. The average Bonchev–Trinajstić information content (AvgIpc) is 3.07. The van der Waals surface area contributed by atoms with Gasteiger partial charge in [0.2, 0.25) is 0 Å². The summed E-state index contributed by atoms with van der Waals surface area (Å²) in [7, 11) is 0. The number of hydrogen-bond donors (Lipinski definition) is 0. The van der Waals surface area contributed by atoms with Crippen LogP contribution in [0.5, 0.6) is 0 Å². The molecule has 1 atom stereocenters. The van der Waals surface area contributed by atoms with Crippen molar-refractivity contribution in [3.63, 3.8) is 0 Å². The van der Waals surface area contributed by atoms with E-state index in [0.717, 1.165) is 34.4 Å². The second-order valence-corrected chi connectivity index (χ2v) is 6.73. The molecule has 0 fully saturated rings. The molecule has 0 radical (unpaired) electrons. The van der Waals surface area contributed by atoms with Crippen LogP contribution in [0.3, 0.4) is 0 Å². The highest BCUT2D eigenvalue weighted by molar-refractivity contribution is 6.02. The zero-order valence-corrected chi connectivity index (χ0v) is 14.3. The molecule has 0 unspecified atom stereocenters. The van der Waals surface area contributed by atoms with E-state index in [0.29, 0.717) is 6.42 Å². The molecule has 0 amide bonds. The molecule has 0 spiro atoms. The Hall–Kier alpha value is -3.20. The zero-order chi connectivity index (χ0) is 17.5. The van der Waals surface area contributed by atoms with Gasteiger partial charge in [-0.15, -0.1) is 0 Å². The molecule has 0 N–H and O–H groups in total. The number of ketones is 1. The normalized spacial score (nSPS) is 16.6. The van der Waals surface area contributed by atoms with Gasteiger partial charge in [-0.1, -0.05) is 66.7 Å². The highest BCUT2D eigenvalue weighted by atomic mass is 16.1. The number of rotatable bonds is 1. The van der Waals surface area contributed by atoms with Crippen molar-refractivity contribution in [2.24, 2.45) is 0 Å². The van der Waals surface area contributed by atoms with Gasteiger partial charge < -0.3 is 4.57 Å². The van der Waals surface area contributed by atoms with Gasteiger partial charge in [-0.05, 0) is 24.1 Å². The fraction of sp³-hybridized carbons (Fsp3) is 0.130. The largest absolute Gasteiger partial charge is 0.316 e. The third kappa shape index (κ3) is 2.28. The number of carbonyl (C=O) groups excluding carboxylic acids is 1. The van der Waals surface area contributed by atoms with Crippen LogP contribution in [0.2, 0.25) is 0 Å². The van der Waals surface area contributed by atoms with Crippen LogP contribution >= 0.6 is 0 Å². The maximum absolute atomic E-state index is 12.8. The van der Waals surface area contributed by atoms with Gasteiger partial charge in [-0.25, -0.2) is 4.98 Å². The van der Waals surface area contributed by atoms with E-state index in [1.54, 1.807) is 0 Å². The first-order valence-electron chi connectivity index (χ1n) is 8.97. The van der Waals surface area contributed by atoms with Crippen molar-refractivity contribution >= 4 is 16.8 Å². The molecule has 1 aliphatic rings. The highest BCUT2D eigenvalue weighted by Gasteiger charge is 2.27. The van der Waals surface area contributed by atoms with Crippen LogP contribution in [0, 0.1) is 0 Å². The standard InChI is InChI=1S/C23H18N2O/c26-22-15-14-20(16-8-2-1-3-9-16)25-21-13-7-6-12-19(21)24-23(25)18-11-5-4-10-17(18)22/h1-13,20H,14-15H2/t20-/m1/s1. The van der Waals surface area contributed by atoms with E-state index in [9.17, 15) is 4.79 Å². The molecule has 4 aromatic rings. The number of fused-ring (bicyclic) bond motifs is 5.